The molecule has 0 radical (unpaired) electrons. The molecule has 0 aliphatic carbocycles. The van der Waals surface area contributed by atoms with Gasteiger partial charge in [-0.2, -0.15) is 5.10 Å². The van der Waals surface area contributed by atoms with E-state index < -0.39 is 0 Å². The number of nitrogens with zero attached hydrogens (tertiary/aromatic N) is 4. The lowest BCUT2D eigenvalue weighted by Crippen LogP contribution is -2.14. The Morgan fingerprint density at radius 3 is 2.66 bits per heavy atom. The second-order valence-corrected chi connectivity index (χ2v) is 7.23. The number of carbonyl (C=O) groups is 1. The van der Waals surface area contributed by atoms with Gasteiger partial charge in [0.1, 0.15) is 5.82 Å². The molecular formula is C21H16FN5OS. The largest absolute Gasteiger partial charge is 0.320 e. The van der Waals surface area contributed by atoms with Crippen LogP contribution in [-0.2, 0) is 0 Å². The standard InChI is InChI=1S/C21H16FN5OS/c1-14-12-17(29-21-23-9-3-10-24-21)6-7-18(14)25-20(28)19-8-11-27(26-19)16-5-2-4-15(22)13-16/h2-13H,1H3,(H,25,28). The van der Waals surface area contributed by atoms with Gasteiger partial charge in [0.05, 0.1) is 5.69 Å². The van der Waals surface area contributed by atoms with Crippen LogP contribution in [0.15, 0.2) is 83.2 Å². The maximum absolute atomic E-state index is 13.4. The lowest BCUT2D eigenvalue weighted by molar-refractivity contribution is 0.102. The summed E-state index contributed by atoms with van der Waals surface area (Å²) in [5.74, 6) is -0.700. The van der Waals surface area contributed by atoms with Crippen molar-refractivity contribution in [3.05, 3.63) is 90.3 Å². The van der Waals surface area contributed by atoms with Crippen molar-refractivity contribution in [2.45, 2.75) is 17.0 Å². The first-order chi connectivity index (χ1) is 14.1. The second-order valence-electron chi connectivity index (χ2n) is 6.19. The van der Waals surface area contributed by atoms with Gasteiger partial charge in [-0.3, -0.25) is 4.79 Å². The summed E-state index contributed by atoms with van der Waals surface area (Å²) in [6.45, 7) is 1.91. The van der Waals surface area contributed by atoms with E-state index in [1.807, 2.05) is 25.1 Å². The highest BCUT2D eigenvalue weighted by molar-refractivity contribution is 7.99. The van der Waals surface area contributed by atoms with E-state index in [1.165, 1.54) is 28.6 Å². The molecule has 8 heteroatoms. The minimum atomic E-state index is -0.363. The molecule has 1 amide bonds. The molecular weight excluding hydrogens is 389 g/mol. The number of aryl methyl sites for hydroxylation is 1. The van der Waals surface area contributed by atoms with Gasteiger partial charge in [-0.1, -0.05) is 6.07 Å². The van der Waals surface area contributed by atoms with Crippen LogP contribution in [0.2, 0.25) is 0 Å². The predicted octanol–water partition coefficient (Wildman–Crippen LogP) is 4.51. The van der Waals surface area contributed by atoms with Gasteiger partial charge >= 0.3 is 0 Å². The van der Waals surface area contributed by atoms with E-state index in [0.717, 1.165) is 10.5 Å². The quantitative estimate of drug-likeness (QED) is 0.495. The van der Waals surface area contributed by atoms with Crippen LogP contribution < -0.4 is 5.32 Å². The molecule has 1 N–H and O–H groups in total. The zero-order valence-corrected chi connectivity index (χ0v) is 16.2. The Balaban J connectivity index is 1.47. The summed E-state index contributed by atoms with van der Waals surface area (Å²) >= 11 is 1.45. The normalized spacial score (nSPS) is 10.7. The maximum atomic E-state index is 13.4. The van der Waals surface area contributed by atoms with E-state index in [2.05, 4.69) is 20.4 Å². The summed E-state index contributed by atoms with van der Waals surface area (Å²) in [6, 6.07) is 15.1. The summed E-state index contributed by atoms with van der Waals surface area (Å²) < 4.78 is 14.9. The van der Waals surface area contributed by atoms with E-state index in [4.69, 9.17) is 0 Å². The van der Waals surface area contributed by atoms with Gasteiger partial charge in [0.2, 0.25) is 0 Å². The van der Waals surface area contributed by atoms with E-state index in [0.29, 0.717) is 16.5 Å². The van der Waals surface area contributed by atoms with Crippen LogP contribution in [0.3, 0.4) is 0 Å². The lowest BCUT2D eigenvalue weighted by atomic mass is 10.2. The number of hydrogen-bond acceptors (Lipinski definition) is 5. The van der Waals surface area contributed by atoms with Crippen molar-refractivity contribution in [2.75, 3.05) is 5.32 Å². The first kappa shape index (κ1) is 18.8. The molecule has 2 heterocycles. The van der Waals surface area contributed by atoms with Gasteiger partial charge in [0.15, 0.2) is 10.9 Å². The van der Waals surface area contributed by atoms with Crippen molar-refractivity contribution in [1.29, 1.82) is 0 Å². The second kappa shape index (κ2) is 8.24. The fourth-order valence-corrected chi connectivity index (χ4v) is 3.49. The lowest BCUT2D eigenvalue weighted by Gasteiger charge is -2.09. The zero-order valence-electron chi connectivity index (χ0n) is 15.4. The van der Waals surface area contributed by atoms with Gasteiger partial charge in [-0.25, -0.2) is 19.0 Å². The van der Waals surface area contributed by atoms with Gasteiger partial charge in [0, 0.05) is 29.2 Å². The van der Waals surface area contributed by atoms with Crippen LogP contribution in [0.4, 0.5) is 10.1 Å². The van der Waals surface area contributed by atoms with Crippen molar-refractivity contribution in [3.63, 3.8) is 0 Å². The van der Waals surface area contributed by atoms with Crippen LogP contribution in [0.1, 0.15) is 16.1 Å². The van der Waals surface area contributed by atoms with E-state index >= 15 is 0 Å². The molecule has 0 aliphatic heterocycles. The number of hydrogen-bond donors (Lipinski definition) is 1. The molecule has 0 saturated carbocycles. The third-order valence-corrected chi connectivity index (χ3v) is 4.97. The molecule has 144 valence electrons. The molecule has 0 saturated heterocycles. The van der Waals surface area contributed by atoms with Crippen LogP contribution >= 0.6 is 11.8 Å². The molecule has 2 aromatic heterocycles. The minimum Gasteiger partial charge on any atom is -0.320 e. The molecule has 0 atom stereocenters. The molecule has 4 rings (SSSR count). The minimum absolute atomic E-state index is 0.241. The number of carbonyl (C=O) groups excluding carboxylic acids is 1. The fourth-order valence-electron chi connectivity index (χ4n) is 2.68. The van der Waals surface area contributed by atoms with Crippen molar-refractivity contribution in [2.24, 2.45) is 0 Å². The number of benzene rings is 2. The first-order valence-electron chi connectivity index (χ1n) is 8.77. The molecule has 0 aliphatic rings. The number of rotatable bonds is 5. The van der Waals surface area contributed by atoms with E-state index in [9.17, 15) is 9.18 Å². The van der Waals surface area contributed by atoms with Crippen LogP contribution in [0.5, 0.6) is 0 Å². The Bertz CT molecular complexity index is 1160. The molecule has 4 aromatic rings. The number of amides is 1. The Hall–Kier alpha value is -3.52. The number of halogens is 1. The van der Waals surface area contributed by atoms with Crippen LogP contribution in [-0.4, -0.2) is 25.7 Å². The third kappa shape index (κ3) is 4.49. The summed E-state index contributed by atoms with van der Waals surface area (Å²) in [4.78, 5) is 21.9. The van der Waals surface area contributed by atoms with Crippen molar-refractivity contribution >= 4 is 23.4 Å². The summed E-state index contributed by atoms with van der Waals surface area (Å²) in [5.41, 5.74) is 2.38. The Morgan fingerprint density at radius 2 is 1.90 bits per heavy atom. The first-order valence-corrected chi connectivity index (χ1v) is 9.58. The third-order valence-electron chi connectivity index (χ3n) is 4.09. The van der Waals surface area contributed by atoms with Crippen molar-refractivity contribution in [1.82, 2.24) is 19.7 Å². The van der Waals surface area contributed by atoms with Gasteiger partial charge in [0.25, 0.3) is 5.91 Å². The zero-order chi connectivity index (χ0) is 20.2. The Labute approximate surface area is 170 Å². The number of anilines is 1. The van der Waals surface area contributed by atoms with E-state index in [1.54, 1.807) is 42.9 Å². The highest BCUT2D eigenvalue weighted by atomic mass is 32.2. The molecule has 2 aromatic carbocycles. The van der Waals surface area contributed by atoms with Gasteiger partial charge < -0.3 is 5.32 Å². The van der Waals surface area contributed by atoms with Crippen molar-refractivity contribution in [3.8, 4) is 5.69 Å². The SMILES string of the molecule is Cc1cc(Sc2ncccn2)ccc1NC(=O)c1ccn(-c2cccc(F)c2)n1. The smallest absolute Gasteiger partial charge is 0.276 e. The number of aromatic nitrogens is 4. The van der Waals surface area contributed by atoms with Crippen LogP contribution in [0.25, 0.3) is 5.69 Å². The monoisotopic (exact) mass is 405 g/mol. The topological polar surface area (TPSA) is 72.7 Å². The number of nitrogens with one attached hydrogen (secondary N) is 1. The maximum Gasteiger partial charge on any atom is 0.276 e. The average Bonchev–Trinajstić information content (AvgIpc) is 3.21. The molecule has 0 spiro atoms. The molecule has 0 unspecified atom stereocenters. The van der Waals surface area contributed by atoms with Crippen molar-refractivity contribution < 1.29 is 9.18 Å². The fraction of sp³-hybridized carbons (Fsp3) is 0.0476. The Kier molecular flexibility index (Phi) is 5.35. The Morgan fingerprint density at radius 1 is 1.07 bits per heavy atom. The van der Waals surface area contributed by atoms with Crippen LogP contribution in [0, 0.1) is 12.7 Å². The highest BCUT2D eigenvalue weighted by Gasteiger charge is 2.13. The summed E-state index contributed by atoms with van der Waals surface area (Å²) in [7, 11) is 0. The van der Waals surface area contributed by atoms with E-state index in [-0.39, 0.29) is 17.4 Å². The molecule has 6 nitrogen and oxygen atoms in total. The molecule has 0 bridgehead atoms. The molecule has 0 fully saturated rings. The summed E-state index contributed by atoms with van der Waals surface area (Å²) in [5, 5.41) is 7.76. The van der Waals surface area contributed by atoms with Gasteiger partial charge in [-0.05, 0) is 72.8 Å². The average molecular weight is 405 g/mol. The van der Waals surface area contributed by atoms with Gasteiger partial charge in [-0.15, -0.1) is 0 Å². The predicted molar refractivity (Wildman–Crippen MR) is 109 cm³/mol. The highest BCUT2D eigenvalue weighted by Crippen LogP contribution is 2.28. The molecule has 29 heavy (non-hydrogen) atoms. The summed E-state index contributed by atoms with van der Waals surface area (Å²) in [6.07, 6.45) is 5.01.